The van der Waals surface area contributed by atoms with Gasteiger partial charge in [0.15, 0.2) is 11.5 Å². The van der Waals surface area contributed by atoms with Crippen LogP contribution in [0.25, 0.3) is 0 Å². The van der Waals surface area contributed by atoms with Crippen LogP contribution >= 0.6 is 23.2 Å². The second-order valence-corrected chi connectivity index (χ2v) is 6.10. The summed E-state index contributed by atoms with van der Waals surface area (Å²) in [7, 11) is 0. The Morgan fingerprint density at radius 1 is 1.08 bits per heavy atom. The van der Waals surface area contributed by atoms with Crippen molar-refractivity contribution in [2.24, 2.45) is 0 Å². The van der Waals surface area contributed by atoms with Crippen LogP contribution in [0.2, 0.25) is 10.0 Å². The fourth-order valence-electron chi connectivity index (χ4n) is 2.31. The summed E-state index contributed by atoms with van der Waals surface area (Å²) >= 11 is 12.0. The first-order chi connectivity index (χ1) is 11.6. The molecule has 2 aromatic rings. The Balaban J connectivity index is 1.43. The third-order valence-electron chi connectivity index (χ3n) is 3.56. The van der Waals surface area contributed by atoms with Crippen molar-refractivity contribution >= 4 is 34.8 Å². The van der Waals surface area contributed by atoms with Crippen molar-refractivity contribution in [3.05, 3.63) is 52.0 Å². The maximum absolute atomic E-state index is 11.9. The maximum Gasteiger partial charge on any atom is 0.239 e. The molecule has 5 nitrogen and oxygen atoms in total. The van der Waals surface area contributed by atoms with Gasteiger partial charge in [0.25, 0.3) is 0 Å². The van der Waals surface area contributed by atoms with E-state index in [4.69, 9.17) is 32.7 Å². The molecular weight excluding hydrogens is 351 g/mol. The first-order valence-electron chi connectivity index (χ1n) is 7.46. The zero-order valence-corrected chi connectivity index (χ0v) is 14.3. The number of carbonyl (C=O) groups is 1. The molecule has 0 aromatic heterocycles. The average Bonchev–Trinajstić information content (AvgIpc) is 3.02. The molecule has 3 rings (SSSR count). The summed E-state index contributed by atoms with van der Waals surface area (Å²) < 4.78 is 10.5. The molecule has 7 heteroatoms. The minimum Gasteiger partial charge on any atom is -0.454 e. The quantitative estimate of drug-likeness (QED) is 0.821. The highest BCUT2D eigenvalue weighted by Gasteiger charge is 2.13. The van der Waals surface area contributed by atoms with Gasteiger partial charge in [0.05, 0.1) is 6.54 Å². The molecule has 1 amide bonds. The van der Waals surface area contributed by atoms with E-state index in [1.54, 1.807) is 12.1 Å². The first kappa shape index (κ1) is 16.7. The van der Waals surface area contributed by atoms with Gasteiger partial charge in [-0.05, 0) is 36.2 Å². The van der Waals surface area contributed by atoms with E-state index in [2.05, 4.69) is 10.6 Å². The summed E-state index contributed by atoms with van der Waals surface area (Å²) in [4.78, 5) is 11.9. The molecule has 0 atom stereocenters. The smallest absolute Gasteiger partial charge is 0.239 e. The number of hydrogen-bond acceptors (Lipinski definition) is 4. The lowest BCUT2D eigenvalue weighted by molar-refractivity contribution is -0.119. The molecule has 2 aromatic carbocycles. The monoisotopic (exact) mass is 366 g/mol. The van der Waals surface area contributed by atoms with E-state index in [0.717, 1.165) is 11.3 Å². The summed E-state index contributed by atoms with van der Waals surface area (Å²) in [6.07, 6.45) is 0.645. The molecule has 1 heterocycles. The van der Waals surface area contributed by atoms with Crippen LogP contribution in [0.15, 0.2) is 36.4 Å². The first-order valence-corrected chi connectivity index (χ1v) is 8.21. The van der Waals surface area contributed by atoms with Crippen molar-refractivity contribution in [2.45, 2.75) is 6.42 Å². The van der Waals surface area contributed by atoms with Gasteiger partial charge in [-0.3, -0.25) is 4.79 Å². The average molecular weight is 367 g/mol. The Bertz CT molecular complexity index is 753. The number of hydrogen-bond donors (Lipinski definition) is 2. The van der Waals surface area contributed by atoms with Gasteiger partial charge in [-0.1, -0.05) is 29.3 Å². The number of amides is 1. The summed E-state index contributed by atoms with van der Waals surface area (Å²) in [5.74, 6) is 1.29. The third kappa shape index (κ3) is 4.24. The summed E-state index contributed by atoms with van der Waals surface area (Å²) in [5, 5.41) is 7.10. The van der Waals surface area contributed by atoms with E-state index in [-0.39, 0.29) is 19.2 Å². The van der Waals surface area contributed by atoms with Crippen LogP contribution in [0.5, 0.6) is 11.5 Å². The third-order valence-corrected chi connectivity index (χ3v) is 4.14. The fourth-order valence-corrected chi connectivity index (χ4v) is 2.82. The summed E-state index contributed by atoms with van der Waals surface area (Å²) in [5.41, 5.74) is 1.75. The summed E-state index contributed by atoms with van der Waals surface area (Å²) in [6.45, 7) is 0.906. The standard InChI is InChI=1S/C17H16Cl2N2O3/c18-12-2-1-11(14(19)7-12)5-6-20-17(22)9-21-13-3-4-15-16(8-13)24-10-23-15/h1-4,7-8,21H,5-6,9-10H2,(H,20,22). The predicted octanol–water partition coefficient (Wildman–Crippen LogP) is 3.49. The zero-order chi connectivity index (χ0) is 16.9. The molecule has 0 spiro atoms. The van der Waals surface area contributed by atoms with Crippen LogP contribution in [0.4, 0.5) is 5.69 Å². The Labute approximate surface area is 149 Å². The molecule has 0 fully saturated rings. The molecular formula is C17H16Cl2N2O3. The molecule has 1 aliphatic rings. The Morgan fingerprint density at radius 2 is 1.92 bits per heavy atom. The van der Waals surface area contributed by atoms with Gasteiger partial charge in [0.2, 0.25) is 12.7 Å². The van der Waals surface area contributed by atoms with Crippen molar-refractivity contribution in [1.29, 1.82) is 0 Å². The van der Waals surface area contributed by atoms with E-state index in [9.17, 15) is 4.79 Å². The topological polar surface area (TPSA) is 59.6 Å². The largest absolute Gasteiger partial charge is 0.454 e. The molecule has 2 N–H and O–H groups in total. The Kier molecular flexibility index (Phi) is 5.33. The molecule has 0 radical (unpaired) electrons. The van der Waals surface area contributed by atoms with E-state index < -0.39 is 0 Å². The molecule has 0 aliphatic carbocycles. The van der Waals surface area contributed by atoms with E-state index >= 15 is 0 Å². The molecule has 0 unspecified atom stereocenters. The number of carbonyl (C=O) groups excluding carboxylic acids is 1. The minimum atomic E-state index is -0.0993. The van der Waals surface area contributed by atoms with Gasteiger partial charge in [-0.15, -0.1) is 0 Å². The second kappa shape index (κ2) is 7.64. The van der Waals surface area contributed by atoms with Crippen molar-refractivity contribution in [1.82, 2.24) is 5.32 Å². The van der Waals surface area contributed by atoms with Gasteiger partial charge in [0.1, 0.15) is 0 Å². The minimum absolute atomic E-state index is 0.0993. The number of benzene rings is 2. The molecule has 0 saturated heterocycles. The molecule has 24 heavy (non-hydrogen) atoms. The highest BCUT2D eigenvalue weighted by atomic mass is 35.5. The highest BCUT2D eigenvalue weighted by molar-refractivity contribution is 6.35. The Hall–Kier alpha value is -2.11. The lowest BCUT2D eigenvalue weighted by atomic mass is 10.1. The zero-order valence-electron chi connectivity index (χ0n) is 12.8. The van der Waals surface area contributed by atoms with E-state index in [1.807, 2.05) is 24.3 Å². The van der Waals surface area contributed by atoms with Crippen molar-refractivity contribution in [3.8, 4) is 11.5 Å². The lowest BCUT2D eigenvalue weighted by Gasteiger charge is -2.09. The summed E-state index contributed by atoms with van der Waals surface area (Å²) in [6, 6.07) is 10.8. The van der Waals surface area contributed by atoms with Crippen LogP contribution in [-0.4, -0.2) is 25.8 Å². The number of rotatable bonds is 6. The van der Waals surface area contributed by atoms with Gasteiger partial charge in [-0.25, -0.2) is 0 Å². The predicted molar refractivity (Wildman–Crippen MR) is 94.2 cm³/mol. The maximum atomic E-state index is 11.9. The van der Waals surface area contributed by atoms with E-state index in [1.165, 1.54) is 0 Å². The molecule has 126 valence electrons. The van der Waals surface area contributed by atoms with Crippen molar-refractivity contribution in [3.63, 3.8) is 0 Å². The van der Waals surface area contributed by atoms with Crippen molar-refractivity contribution < 1.29 is 14.3 Å². The van der Waals surface area contributed by atoms with Crippen LogP contribution in [0.1, 0.15) is 5.56 Å². The number of nitrogens with one attached hydrogen (secondary N) is 2. The van der Waals surface area contributed by atoms with Crippen LogP contribution in [0.3, 0.4) is 0 Å². The van der Waals surface area contributed by atoms with Crippen LogP contribution in [-0.2, 0) is 11.2 Å². The highest BCUT2D eigenvalue weighted by Crippen LogP contribution is 2.34. The molecule has 1 aliphatic heterocycles. The van der Waals surface area contributed by atoms with E-state index in [0.29, 0.717) is 34.5 Å². The molecule has 0 bridgehead atoms. The number of ether oxygens (including phenoxy) is 2. The van der Waals surface area contributed by atoms with Gasteiger partial charge < -0.3 is 20.1 Å². The van der Waals surface area contributed by atoms with Gasteiger partial charge >= 0.3 is 0 Å². The number of halogens is 2. The number of anilines is 1. The Morgan fingerprint density at radius 3 is 2.75 bits per heavy atom. The lowest BCUT2D eigenvalue weighted by Crippen LogP contribution is -2.31. The van der Waals surface area contributed by atoms with Crippen LogP contribution in [0, 0.1) is 0 Å². The normalized spacial score (nSPS) is 12.1. The van der Waals surface area contributed by atoms with Crippen molar-refractivity contribution in [2.75, 3.05) is 25.2 Å². The van der Waals surface area contributed by atoms with Gasteiger partial charge in [0, 0.05) is 28.3 Å². The SMILES string of the molecule is O=C(CNc1ccc2c(c1)OCO2)NCCc1ccc(Cl)cc1Cl. The number of fused-ring (bicyclic) bond motifs is 1. The van der Waals surface area contributed by atoms with Crippen LogP contribution < -0.4 is 20.1 Å². The second-order valence-electron chi connectivity index (χ2n) is 5.26. The fraction of sp³-hybridized carbons (Fsp3) is 0.235. The molecule has 0 saturated carbocycles. The van der Waals surface area contributed by atoms with Gasteiger partial charge in [-0.2, -0.15) is 0 Å².